The van der Waals surface area contributed by atoms with Crippen molar-refractivity contribution >= 4 is 17.5 Å². The van der Waals surface area contributed by atoms with Gasteiger partial charge in [-0.05, 0) is 37.8 Å². The minimum Gasteiger partial charge on any atom is -0.352 e. The Bertz CT molecular complexity index is 512. The normalized spacial score (nSPS) is 11.9. The van der Waals surface area contributed by atoms with Gasteiger partial charge in [0.2, 0.25) is 11.8 Å². The van der Waals surface area contributed by atoms with Crippen molar-refractivity contribution in [3.63, 3.8) is 0 Å². The monoisotopic (exact) mass is 290 g/mol. The maximum absolute atomic E-state index is 12.1. The Balaban J connectivity index is 3.03. The Kier molecular flexibility index (Phi) is 6.40. The predicted octanol–water partition coefficient (Wildman–Crippen LogP) is 2.83. The Morgan fingerprint density at radius 3 is 2.48 bits per heavy atom. The number of hydrogen-bond donors (Lipinski definition) is 1. The van der Waals surface area contributed by atoms with E-state index in [0.29, 0.717) is 0 Å². The van der Waals surface area contributed by atoms with Crippen LogP contribution in [0.1, 0.15) is 45.2 Å². The van der Waals surface area contributed by atoms with Gasteiger partial charge in [0, 0.05) is 13.0 Å². The number of nitrogens with zero attached hydrogens (tertiary/aromatic N) is 1. The molecular weight excluding hydrogens is 264 g/mol. The minimum absolute atomic E-state index is 0.0670. The van der Waals surface area contributed by atoms with Crippen molar-refractivity contribution in [3.8, 4) is 0 Å². The molecule has 1 aromatic carbocycles. The van der Waals surface area contributed by atoms with Crippen LogP contribution < -0.4 is 10.2 Å². The summed E-state index contributed by atoms with van der Waals surface area (Å²) in [5.74, 6) is -0.233. The van der Waals surface area contributed by atoms with Gasteiger partial charge in [0.05, 0.1) is 5.69 Å². The summed E-state index contributed by atoms with van der Waals surface area (Å²) >= 11 is 0. The Labute approximate surface area is 127 Å². The van der Waals surface area contributed by atoms with Crippen LogP contribution in [-0.4, -0.2) is 24.4 Å². The molecule has 0 saturated carbocycles. The van der Waals surface area contributed by atoms with Gasteiger partial charge in [0.15, 0.2) is 0 Å². The van der Waals surface area contributed by atoms with Crippen LogP contribution in [0.5, 0.6) is 0 Å². The van der Waals surface area contributed by atoms with Crippen LogP contribution >= 0.6 is 0 Å². The van der Waals surface area contributed by atoms with E-state index >= 15 is 0 Å². The molecule has 0 spiro atoms. The van der Waals surface area contributed by atoms with Crippen LogP contribution in [0.15, 0.2) is 18.2 Å². The average Bonchev–Trinajstić information content (AvgIpc) is 2.44. The predicted molar refractivity (Wildman–Crippen MR) is 86.5 cm³/mol. The third-order valence-corrected chi connectivity index (χ3v) is 3.67. The van der Waals surface area contributed by atoms with Gasteiger partial charge in [-0.1, -0.05) is 32.0 Å². The second-order valence-corrected chi connectivity index (χ2v) is 5.42. The van der Waals surface area contributed by atoms with Crippen molar-refractivity contribution in [2.24, 2.45) is 0 Å². The van der Waals surface area contributed by atoms with Gasteiger partial charge in [0.1, 0.15) is 6.54 Å². The number of aryl methyl sites for hydroxylation is 2. The maximum atomic E-state index is 12.1. The van der Waals surface area contributed by atoms with Gasteiger partial charge in [-0.15, -0.1) is 0 Å². The number of para-hydroxylation sites is 1. The third-order valence-electron chi connectivity index (χ3n) is 3.67. The molecule has 4 nitrogen and oxygen atoms in total. The van der Waals surface area contributed by atoms with Crippen molar-refractivity contribution in [1.29, 1.82) is 0 Å². The zero-order valence-electron chi connectivity index (χ0n) is 13.7. The van der Waals surface area contributed by atoms with Crippen molar-refractivity contribution in [2.45, 2.75) is 53.5 Å². The summed E-state index contributed by atoms with van der Waals surface area (Å²) in [6.07, 6.45) is 1.70. The molecule has 0 bridgehead atoms. The molecule has 0 heterocycles. The first kappa shape index (κ1) is 17.2. The number of carbonyl (C=O) groups excluding carboxylic acids is 2. The highest BCUT2D eigenvalue weighted by molar-refractivity contribution is 5.98. The fourth-order valence-electron chi connectivity index (χ4n) is 2.31. The number of carbonyl (C=O) groups is 2. The molecule has 116 valence electrons. The summed E-state index contributed by atoms with van der Waals surface area (Å²) in [6.45, 7) is 9.57. The molecule has 1 atom stereocenters. The van der Waals surface area contributed by atoms with Crippen molar-refractivity contribution in [3.05, 3.63) is 29.3 Å². The smallest absolute Gasteiger partial charge is 0.240 e. The van der Waals surface area contributed by atoms with Gasteiger partial charge in [-0.25, -0.2) is 0 Å². The largest absolute Gasteiger partial charge is 0.352 e. The number of anilines is 1. The van der Waals surface area contributed by atoms with Crippen LogP contribution in [0.4, 0.5) is 5.69 Å². The molecule has 4 heteroatoms. The summed E-state index contributed by atoms with van der Waals surface area (Å²) in [5, 5.41) is 2.91. The molecule has 1 N–H and O–H groups in total. The molecule has 1 aromatic rings. The van der Waals surface area contributed by atoms with Crippen molar-refractivity contribution in [2.75, 3.05) is 11.4 Å². The second-order valence-electron chi connectivity index (χ2n) is 5.42. The van der Waals surface area contributed by atoms with Crippen LogP contribution in [0.2, 0.25) is 0 Å². The first-order valence-corrected chi connectivity index (χ1v) is 7.56. The molecule has 0 saturated heterocycles. The summed E-state index contributed by atoms with van der Waals surface area (Å²) in [4.78, 5) is 25.7. The summed E-state index contributed by atoms with van der Waals surface area (Å²) < 4.78 is 0. The lowest BCUT2D eigenvalue weighted by Crippen LogP contribution is -2.43. The topological polar surface area (TPSA) is 49.4 Å². The van der Waals surface area contributed by atoms with Crippen LogP contribution in [-0.2, 0) is 16.0 Å². The zero-order chi connectivity index (χ0) is 16.0. The van der Waals surface area contributed by atoms with E-state index in [1.807, 2.05) is 39.0 Å². The molecule has 0 fully saturated rings. The lowest BCUT2D eigenvalue weighted by molar-refractivity contribution is -0.123. The SMILES string of the molecule is CCc1cccc(C)c1N(CC(=O)NC(C)CC)C(C)=O. The van der Waals surface area contributed by atoms with E-state index in [1.54, 1.807) is 4.90 Å². The molecule has 21 heavy (non-hydrogen) atoms. The fourth-order valence-corrected chi connectivity index (χ4v) is 2.31. The highest BCUT2D eigenvalue weighted by Crippen LogP contribution is 2.25. The molecule has 1 unspecified atom stereocenters. The first-order valence-electron chi connectivity index (χ1n) is 7.56. The molecule has 0 aliphatic carbocycles. The van der Waals surface area contributed by atoms with Gasteiger partial charge in [0.25, 0.3) is 0 Å². The van der Waals surface area contributed by atoms with E-state index in [-0.39, 0.29) is 24.4 Å². The third kappa shape index (κ3) is 4.59. The Hall–Kier alpha value is -1.84. The number of rotatable bonds is 6. The fraction of sp³-hybridized carbons (Fsp3) is 0.529. The van der Waals surface area contributed by atoms with E-state index in [9.17, 15) is 9.59 Å². The van der Waals surface area contributed by atoms with Gasteiger partial charge >= 0.3 is 0 Å². The van der Waals surface area contributed by atoms with Gasteiger partial charge in [-0.2, -0.15) is 0 Å². The first-order chi connectivity index (χ1) is 9.90. The van der Waals surface area contributed by atoms with E-state index in [2.05, 4.69) is 12.2 Å². The van der Waals surface area contributed by atoms with Crippen LogP contribution in [0.3, 0.4) is 0 Å². The van der Waals surface area contributed by atoms with Crippen LogP contribution in [0.25, 0.3) is 0 Å². The van der Waals surface area contributed by atoms with Gasteiger partial charge < -0.3 is 10.2 Å². The Morgan fingerprint density at radius 2 is 1.95 bits per heavy atom. The second kappa shape index (κ2) is 7.81. The molecule has 0 radical (unpaired) electrons. The molecular formula is C17H26N2O2. The van der Waals surface area contributed by atoms with Crippen LogP contribution in [0, 0.1) is 6.92 Å². The van der Waals surface area contributed by atoms with E-state index in [4.69, 9.17) is 0 Å². The standard InChI is InChI=1S/C17H26N2O2/c1-6-13(4)18-16(21)11-19(14(5)20)17-12(3)9-8-10-15(17)7-2/h8-10,13H,6-7,11H2,1-5H3,(H,18,21). The quantitative estimate of drug-likeness (QED) is 0.876. The van der Waals surface area contributed by atoms with Crippen molar-refractivity contribution < 1.29 is 9.59 Å². The summed E-state index contributed by atoms with van der Waals surface area (Å²) in [7, 11) is 0. The molecule has 0 aliphatic rings. The molecule has 0 aromatic heterocycles. The lowest BCUT2D eigenvalue weighted by atomic mass is 10.0. The molecule has 2 amide bonds. The Morgan fingerprint density at radius 1 is 1.29 bits per heavy atom. The highest BCUT2D eigenvalue weighted by atomic mass is 16.2. The maximum Gasteiger partial charge on any atom is 0.240 e. The lowest BCUT2D eigenvalue weighted by Gasteiger charge is -2.26. The van der Waals surface area contributed by atoms with Gasteiger partial charge in [-0.3, -0.25) is 9.59 Å². The summed E-state index contributed by atoms with van der Waals surface area (Å²) in [6, 6.07) is 6.07. The highest BCUT2D eigenvalue weighted by Gasteiger charge is 2.20. The zero-order valence-corrected chi connectivity index (χ0v) is 13.7. The number of hydrogen-bond acceptors (Lipinski definition) is 2. The molecule has 0 aliphatic heterocycles. The van der Waals surface area contributed by atoms with E-state index < -0.39 is 0 Å². The number of nitrogens with one attached hydrogen (secondary N) is 1. The number of amides is 2. The van der Waals surface area contributed by atoms with Crippen molar-refractivity contribution in [1.82, 2.24) is 5.32 Å². The summed E-state index contributed by atoms with van der Waals surface area (Å²) in [5.41, 5.74) is 2.97. The minimum atomic E-state index is -0.121. The van der Waals surface area contributed by atoms with E-state index in [0.717, 1.165) is 29.7 Å². The average molecular weight is 290 g/mol. The van der Waals surface area contributed by atoms with E-state index in [1.165, 1.54) is 6.92 Å². The number of benzene rings is 1. The molecule has 1 rings (SSSR count).